The molecule has 0 aliphatic carbocycles. The maximum atomic E-state index is 13.4. The van der Waals surface area contributed by atoms with E-state index in [2.05, 4.69) is 5.43 Å². The molecular formula is C12H17F3N2O. The number of aryl methyl sites for hydroxylation is 1. The number of alkyl halides is 2. The predicted molar refractivity (Wildman–Crippen MR) is 62.6 cm³/mol. The summed E-state index contributed by atoms with van der Waals surface area (Å²) in [4.78, 5) is 0. The summed E-state index contributed by atoms with van der Waals surface area (Å²) < 4.78 is 41.8. The summed E-state index contributed by atoms with van der Waals surface area (Å²) in [5.74, 6) is 5.04. The summed E-state index contributed by atoms with van der Waals surface area (Å²) >= 11 is 0. The molecule has 0 amide bonds. The van der Waals surface area contributed by atoms with E-state index < -0.39 is 13.0 Å². The largest absolute Gasteiger partial charge is 0.375 e. The molecule has 0 saturated heterocycles. The smallest absolute Gasteiger partial charge is 0.261 e. The van der Waals surface area contributed by atoms with Crippen LogP contribution >= 0.6 is 0 Å². The van der Waals surface area contributed by atoms with Gasteiger partial charge in [-0.15, -0.1) is 0 Å². The Kier molecular flexibility index (Phi) is 6.11. The number of nitrogens with two attached hydrogens (primary N) is 1. The molecule has 0 aliphatic rings. The van der Waals surface area contributed by atoms with Gasteiger partial charge in [-0.2, -0.15) is 0 Å². The highest BCUT2D eigenvalue weighted by Crippen LogP contribution is 2.19. The number of benzene rings is 1. The fourth-order valence-electron chi connectivity index (χ4n) is 1.55. The Morgan fingerprint density at radius 3 is 2.67 bits per heavy atom. The van der Waals surface area contributed by atoms with Crippen molar-refractivity contribution in [2.45, 2.75) is 25.8 Å². The molecule has 18 heavy (non-hydrogen) atoms. The lowest BCUT2D eigenvalue weighted by Gasteiger charge is -2.16. The molecule has 1 unspecified atom stereocenters. The minimum absolute atomic E-state index is 0.134. The van der Waals surface area contributed by atoms with Crippen molar-refractivity contribution in [2.75, 3.05) is 13.2 Å². The van der Waals surface area contributed by atoms with E-state index in [0.29, 0.717) is 17.5 Å². The van der Waals surface area contributed by atoms with Gasteiger partial charge >= 0.3 is 0 Å². The van der Waals surface area contributed by atoms with E-state index in [0.717, 1.165) is 0 Å². The Hall–Kier alpha value is -1.11. The molecule has 0 aromatic heterocycles. The highest BCUT2D eigenvalue weighted by molar-refractivity contribution is 5.25. The Labute approximate surface area is 104 Å². The van der Waals surface area contributed by atoms with Crippen LogP contribution in [-0.2, 0) is 4.74 Å². The lowest BCUT2D eigenvalue weighted by molar-refractivity contribution is 0.0143. The zero-order valence-electron chi connectivity index (χ0n) is 10.1. The van der Waals surface area contributed by atoms with Crippen molar-refractivity contribution in [1.82, 2.24) is 5.43 Å². The standard InChI is InChI=1S/C12H17F3N2O/c1-8-2-3-9(6-10(8)13)11(17-16)4-5-18-7-12(14)15/h2-3,6,11-12,17H,4-5,7,16H2,1H3. The second kappa shape index (κ2) is 7.35. The molecule has 0 bridgehead atoms. The molecule has 3 nitrogen and oxygen atoms in total. The van der Waals surface area contributed by atoms with E-state index in [1.807, 2.05) is 0 Å². The molecular weight excluding hydrogens is 245 g/mol. The maximum absolute atomic E-state index is 13.4. The van der Waals surface area contributed by atoms with E-state index in [9.17, 15) is 13.2 Å². The topological polar surface area (TPSA) is 47.3 Å². The van der Waals surface area contributed by atoms with Crippen LogP contribution < -0.4 is 11.3 Å². The maximum Gasteiger partial charge on any atom is 0.261 e. The van der Waals surface area contributed by atoms with E-state index in [4.69, 9.17) is 10.6 Å². The van der Waals surface area contributed by atoms with Crippen molar-refractivity contribution < 1.29 is 17.9 Å². The third-order valence-corrected chi connectivity index (χ3v) is 2.59. The summed E-state index contributed by atoms with van der Waals surface area (Å²) in [5.41, 5.74) is 3.73. The molecule has 1 aromatic rings. The first-order valence-electron chi connectivity index (χ1n) is 5.62. The van der Waals surface area contributed by atoms with Gasteiger partial charge in [-0.05, 0) is 30.5 Å². The molecule has 0 radical (unpaired) electrons. The number of hydrogen-bond donors (Lipinski definition) is 2. The Morgan fingerprint density at radius 2 is 2.11 bits per heavy atom. The highest BCUT2D eigenvalue weighted by Gasteiger charge is 2.12. The quantitative estimate of drug-likeness (QED) is 0.450. The van der Waals surface area contributed by atoms with Gasteiger partial charge in [-0.1, -0.05) is 12.1 Å². The van der Waals surface area contributed by atoms with Crippen molar-refractivity contribution in [3.8, 4) is 0 Å². The lowest BCUT2D eigenvalue weighted by Crippen LogP contribution is -2.29. The van der Waals surface area contributed by atoms with Crippen LogP contribution in [-0.4, -0.2) is 19.6 Å². The van der Waals surface area contributed by atoms with Crippen LogP contribution in [0.4, 0.5) is 13.2 Å². The van der Waals surface area contributed by atoms with Crippen molar-refractivity contribution >= 4 is 0 Å². The van der Waals surface area contributed by atoms with Gasteiger partial charge in [0, 0.05) is 12.6 Å². The van der Waals surface area contributed by atoms with E-state index in [-0.39, 0.29) is 18.5 Å². The van der Waals surface area contributed by atoms with Crippen LogP contribution in [0.3, 0.4) is 0 Å². The number of hydrazine groups is 1. The number of hydrogen-bond acceptors (Lipinski definition) is 3. The third-order valence-electron chi connectivity index (χ3n) is 2.59. The molecule has 1 rings (SSSR count). The Balaban J connectivity index is 2.52. The summed E-state index contributed by atoms with van der Waals surface area (Å²) in [6.07, 6.45) is -2.09. The Morgan fingerprint density at radius 1 is 1.39 bits per heavy atom. The summed E-state index contributed by atoms with van der Waals surface area (Å²) in [7, 11) is 0. The van der Waals surface area contributed by atoms with Gasteiger partial charge in [0.15, 0.2) is 0 Å². The van der Waals surface area contributed by atoms with E-state index in [1.54, 1.807) is 19.1 Å². The normalized spacial score (nSPS) is 13.0. The fraction of sp³-hybridized carbons (Fsp3) is 0.500. The second-order valence-electron chi connectivity index (χ2n) is 3.98. The van der Waals surface area contributed by atoms with E-state index >= 15 is 0 Å². The molecule has 6 heteroatoms. The zero-order chi connectivity index (χ0) is 13.5. The van der Waals surface area contributed by atoms with Crippen molar-refractivity contribution in [1.29, 1.82) is 0 Å². The van der Waals surface area contributed by atoms with Crippen molar-refractivity contribution in [2.24, 2.45) is 5.84 Å². The molecule has 0 heterocycles. The van der Waals surface area contributed by atoms with Gasteiger partial charge in [0.1, 0.15) is 12.4 Å². The minimum Gasteiger partial charge on any atom is -0.375 e. The monoisotopic (exact) mass is 262 g/mol. The van der Waals surface area contributed by atoms with Crippen molar-refractivity contribution in [3.63, 3.8) is 0 Å². The van der Waals surface area contributed by atoms with Crippen LogP contribution in [0.2, 0.25) is 0 Å². The first kappa shape index (κ1) is 14.9. The number of rotatable bonds is 7. The van der Waals surface area contributed by atoms with Crippen LogP contribution in [0.1, 0.15) is 23.6 Å². The van der Waals surface area contributed by atoms with Crippen LogP contribution in [0.5, 0.6) is 0 Å². The average molecular weight is 262 g/mol. The van der Waals surface area contributed by atoms with Gasteiger partial charge in [0.2, 0.25) is 0 Å². The second-order valence-corrected chi connectivity index (χ2v) is 3.98. The molecule has 1 atom stereocenters. The number of ether oxygens (including phenoxy) is 1. The molecule has 0 saturated carbocycles. The molecule has 0 fully saturated rings. The number of halogens is 3. The van der Waals surface area contributed by atoms with Gasteiger partial charge in [-0.25, -0.2) is 13.2 Å². The van der Waals surface area contributed by atoms with Gasteiger partial charge in [-0.3, -0.25) is 11.3 Å². The SMILES string of the molecule is Cc1ccc(C(CCOCC(F)F)NN)cc1F. The summed E-state index contributed by atoms with van der Waals surface area (Å²) in [5, 5.41) is 0. The third kappa shape index (κ3) is 4.64. The predicted octanol–water partition coefficient (Wildman–Crippen LogP) is 2.31. The number of nitrogens with one attached hydrogen (secondary N) is 1. The molecule has 0 aliphatic heterocycles. The first-order valence-corrected chi connectivity index (χ1v) is 5.62. The fourth-order valence-corrected chi connectivity index (χ4v) is 1.55. The summed E-state index contributed by atoms with van der Waals surface area (Å²) in [6, 6.07) is 4.45. The highest BCUT2D eigenvalue weighted by atomic mass is 19.3. The first-order chi connectivity index (χ1) is 8.54. The summed E-state index contributed by atoms with van der Waals surface area (Å²) in [6.45, 7) is 1.20. The van der Waals surface area contributed by atoms with Crippen molar-refractivity contribution in [3.05, 3.63) is 35.1 Å². The van der Waals surface area contributed by atoms with Crippen LogP contribution in [0.15, 0.2) is 18.2 Å². The average Bonchev–Trinajstić information content (AvgIpc) is 2.33. The molecule has 1 aromatic carbocycles. The van der Waals surface area contributed by atoms with Gasteiger partial charge in [0.05, 0.1) is 0 Å². The Bertz CT molecular complexity index is 374. The molecule has 3 N–H and O–H groups in total. The molecule has 102 valence electrons. The lowest BCUT2D eigenvalue weighted by atomic mass is 10.0. The van der Waals surface area contributed by atoms with E-state index in [1.165, 1.54) is 6.07 Å². The zero-order valence-corrected chi connectivity index (χ0v) is 10.1. The van der Waals surface area contributed by atoms with Crippen LogP contribution in [0, 0.1) is 12.7 Å². The molecule has 0 spiro atoms. The minimum atomic E-state index is -2.48. The van der Waals surface area contributed by atoms with Crippen LogP contribution in [0.25, 0.3) is 0 Å². The van der Waals surface area contributed by atoms with Gasteiger partial charge < -0.3 is 4.74 Å². The van der Waals surface area contributed by atoms with Gasteiger partial charge in [0.25, 0.3) is 6.43 Å².